The topological polar surface area (TPSA) is 183 Å². The van der Waals surface area contributed by atoms with Gasteiger partial charge in [-0.05, 0) is 61.0 Å². The quantitative estimate of drug-likeness (QED) is 0.179. The number of benzene rings is 1. The monoisotopic (exact) mass is 816 g/mol. The summed E-state index contributed by atoms with van der Waals surface area (Å²) in [5, 5.41) is 10.7. The van der Waals surface area contributed by atoms with Crippen molar-refractivity contribution in [3.8, 4) is 0 Å². The minimum Gasteiger partial charge on any atom is -0.449 e. The number of hydrogen-bond acceptors (Lipinski definition) is 10. The molecule has 0 aromatic heterocycles. The van der Waals surface area contributed by atoms with Crippen LogP contribution in [0.25, 0.3) is 0 Å². The summed E-state index contributed by atoms with van der Waals surface area (Å²) in [4.78, 5) is 97.5. The standard InChI is InChI=1S/C40H60N6O8S2/c1-6-15-29(34(48)36(50)41-23-31(47)43-32(37(51)45(4)5)27-16-9-7-10-17-27)42-35(49)30-22-40(55-20-13-14-21-56-40)25-46(30)38(52)33(28-18-11-8-12-19-28)44-39(53)54-24-26(2)3/h7,9-10,16-17,26,28-30,32-33H,6,8,11-15,18-25H2,1-5H3,(H,41,50)(H,42,49)(H,43,47)(H,44,53)/t29?,30-,32?,33?/m0/s1. The van der Waals surface area contributed by atoms with Gasteiger partial charge in [0.2, 0.25) is 29.4 Å². The molecule has 4 N–H and O–H groups in total. The predicted octanol–water partition coefficient (Wildman–Crippen LogP) is 3.79. The fourth-order valence-corrected chi connectivity index (χ4v) is 10.6. The molecule has 2 heterocycles. The van der Waals surface area contributed by atoms with E-state index in [1.807, 2.05) is 20.8 Å². The lowest BCUT2D eigenvalue weighted by atomic mass is 9.83. The van der Waals surface area contributed by atoms with Crippen LogP contribution in [0.15, 0.2) is 30.3 Å². The molecule has 1 aromatic rings. The number of amides is 6. The van der Waals surface area contributed by atoms with Crippen LogP contribution < -0.4 is 21.3 Å². The minimum absolute atomic E-state index is 0.114. The van der Waals surface area contributed by atoms with E-state index in [-0.39, 0.29) is 36.7 Å². The molecule has 3 fully saturated rings. The molecule has 1 aliphatic carbocycles. The summed E-state index contributed by atoms with van der Waals surface area (Å²) in [6.07, 6.45) is 6.80. The Kier molecular flexibility index (Phi) is 17.4. The van der Waals surface area contributed by atoms with Gasteiger partial charge in [0.1, 0.15) is 18.1 Å². The van der Waals surface area contributed by atoms with Crippen molar-refractivity contribution in [2.45, 2.75) is 113 Å². The molecule has 6 amide bonds. The van der Waals surface area contributed by atoms with E-state index in [2.05, 4.69) is 21.3 Å². The Labute approximate surface area is 339 Å². The fourth-order valence-electron chi connectivity index (χ4n) is 7.35. The number of rotatable bonds is 16. The number of alkyl carbamates (subject to hydrolysis) is 1. The summed E-state index contributed by atoms with van der Waals surface area (Å²) in [5.74, 6) is -2.14. The number of likely N-dealkylation sites (tertiary alicyclic amines) is 1. The summed E-state index contributed by atoms with van der Waals surface area (Å²) in [6, 6.07) is 4.66. The molecule has 0 bridgehead atoms. The van der Waals surface area contributed by atoms with Crippen molar-refractivity contribution in [3.05, 3.63) is 35.9 Å². The molecule has 16 heteroatoms. The van der Waals surface area contributed by atoms with E-state index in [9.17, 15) is 33.6 Å². The Morgan fingerprint density at radius 1 is 0.911 bits per heavy atom. The third-order valence-corrected chi connectivity index (χ3v) is 13.7. The third kappa shape index (κ3) is 12.6. The molecule has 2 aliphatic heterocycles. The van der Waals surface area contributed by atoms with Gasteiger partial charge in [-0.15, -0.1) is 23.5 Å². The number of ether oxygens (including phenoxy) is 1. The SMILES string of the molecule is CCCC(NC(=O)[C@@H]1CC2(CN1C(=O)C(NC(=O)OCC(C)C)C1CCCCC1)SCCCCS2)C(=O)C(=O)NCC(=O)NC(C(=O)N(C)C)c1ccccc1. The van der Waals surface area contributed by atoms with E-state index in [0.29, 0.717) is 24.9 Å². The van der Waals surface area contributed by atoms with E-state index < -0.39 is 64.4 Å². The second kappa shape index (κ2) is 21.7. The average molecular weight is 817 g/mol. The summed E-state index contributed by atoms with van der Waals surface area (Å²) < 4.78 is 4.99. The second-order valence-electron chi connectivity index (χ2n) is 15.6. The van der Waals surface area contributed by atoms with Crippen LogP contribution in [-0.2, 0) is 33.5 Å². The van der Waals surface area contributed by atoms with Gasteiger partial charge in [0.25, 0.3) is 5.91 Å². The van der Waals surface area contributed by atoms with Gasteiger partial charge < -0.3 is 35.8 Å². The zero-order valence-corrected chi connectivity index (χ0v) is 35.1. The van der Waals surface area contributed by atoms with Gasteiger partial charge in [-0.3, -0.25) is 28.8 Å². The Morgan fingerprint density at radius 3 is 2.18 bits per heavy atom. The molecule has 310 valence electrons. The van der Waals surface area contributed by atoms with E-state index in [0.717, 1.165) is 56.5 Å². The number of ketones is 1. The maximum Gasteiger partial charge on any atom is 0.407 e. The Morgan fingerprint density at radius 2 is 1.57 bits per heavy atom. The molecule has 3 unspecified atom stereocenters. The molecule has 1 aromatic carbocycles. The molecule has 56 heavy (non-hydrogen) atoms. The smallest absolute Gasteiger partial charge is 0.407 e. The van der Waals surface area contributed by atoms with Crippen LogP contribution in [0.4, 0.5) is 4.79 Å². The number of nitrogens with one attached hydrogen (secondary N) is 4. The van der Waals surface area contributed by atoms with Gasteiger partial charge >= 0.3 is 6.09 Å². The first-order valence-corrected chi connectivity index (χ1v) is 21.9. The predicted molar refractivity (Wildman–Crippen MR) is 218 cm³/mol. The van der Waals surface area contributed by atoms with Gasteiger partial charge in [0, 0.05) is 27.1 Å². The highest BCUT2D eigenvalue weighted by molar-refractivity contribution is 8.18. The first-order valence-electron chi connectivity index (χ1n) is 19.9. The number of carbonyl (C=O) groups excluding carboxylic acids is 7. The van der Waals surface area contributed by atoms with Gasteiger partial charge in [0.05, 0.1) is 23.3 Å². The van der Waals surface area contributed by atoms with Crippen LogP contribution in [0.2, 0.25) is 0 Å². The molecule has 4 rings (SSSR count). The second-order valence-corrected chi connectivity index (χ2v) is 18.8. The summed E-state index contributed by atoms with van der Waals surface area (Å²) in [6.45, 7) is 5.62. The zero-order valence-electron chi connectivity index (χ0n) is 33.4. The van der Waals surface area contributed by atoms with Gasteiger partial charge in [-0.1, -0.05) is 76.8 Å². The van der Waals surface area contributed by atoms with Crippen molar-refractivity contribution >= 4 is 64.9 Å². The van der Waals surface area contributed by atoms with Gasteiger partial charge in [-0.2, -0.15) is 0 Å². The molecule has 0 radical (unpaired) electrons. The Hall–Kier alpha value is -3.79. The lowest BCUT2D eigenvalue weighted by molar-refractivity contribution is -0.143. The van der Waals surface area contributed by atoms with Crippen molar-refractivity contribution in [1.29, 1.82) is 0 Å². The maximum atomic E-state index is 14.7. The molecule has 2 saturated heterocycles. The van der Waals surface area contributed by atoms with Crippen molar-refractivity contribution in [1.82, 2.24) is 31.1 Å². The Bertz CT molecular complexity index is 1530. The lowest BCUT2D eigenvalue weighted by Crippen LogP contribution is -2.58. The molecular formula is C40H60N6O8S2. The number of Topliss-reactive ketones (excluding diaryl/α,β-unsaturated/α-hetero) is 1. The summed E-state index contributed by atoms with van der Waals surface area (Å²) in [7, 11) is 3.14. The number of carbonyl (C=O) groups is 7. The van der Waals surface area contributed by atoms with Crippen molar-refractivity contribution in [2.24, 2.45) is 11.8 Å². The average Bonchev–Trinajstić information content (AvgIpc) is 3.42. The highest BCUT2D eigenvalue weighted by atomic mass is 32.2. The molecule has 3 aliphatic rings. The van der Waals surface area contributed by atoms with Crippen LogP contribution in [-0.4, -0.2) is 119 Å². The maximum absolute atomic E-state index is 14.7. The molecule has 1 saturated carbocycles. The van der Waals surface area contributed by atoms with E-state index in [1.165, 1.54) is 4.90 Å². The molecule has 1 spiro atoms. The Balaban J connectivity index is 1.49. The third-order valence-electron chi connectivity index (χ3n) is 10.3. The number of nitrogens with zero attached hydrogens (tertiary/aromatic N) is 2. The molecular weight excluding hydrogens is 757 g/mol. The normalized spacial score (nSPS) is 19.9. The largest absolute Gasteiger partial charge is 0.449 e. The van der Waals surface area contributed by atoms with Crippen LogP contribution in [0.1, 0.15) is 96.6 Å². The van der Waals surface area contributed by atoms with Crippen LogP contribution in [0.5, 0.6) is 0 Å². The highest BCUT2D eigenvalue weighted by Crippen LogP contribution is 2.50. The van der Waals surface area contributed by atoms with E-state index in [1.54, 1.807) is 72.9 Å². The van der Waals surface area contributed by atoms with Crippen molar-refractivity contribution in [3.63, 3.8) is 0 Å². The van der Waals surface area contributed by atoms with Crippen LogP contribution >= 0.6 is 23.5 Å². The van der Waals surface area contributed by atoms with Gasteiger partial charge in [0.15, 0.2) is 0 Å². The molecule has 4 atom stereocenters. The summed E-state index contributed by atoms with van der Waals surface area (Å²) in [5.41, 5.74) is 0.557. The fraction of sp³-hybridized carbons (Fsp3) is 0.675. The highest BCUT2D eigenvalue weighted by Gasteiger charge is 2.52. The van der Waals surface area contributed by atoms with Crippen LogP contribution in [0, 0.1) is 11.8 Å². The minimum atomic E-state index is -1.20. The zero-order chi connectivity index (χ0) is 40.8. The van der Waals surface area contributed by atoms with Gasteiger partial charge in [-0.25, -0.2) is 4.79 Å². The lowest BCUT2D eigenvalue weighted by Gasteiger charge is -2.35. The van der Waals surface area contributed by atoms with Crippen LogP contribution in [0.3, 0.4) is 0 Å². The summed E-state index contributed by atoms with van der Waals surface area (Å²) >= 11 is 3.50. The molecule has 14 nitrogen and oxygen atoms in total. The number of hydrogen-bond donors (Lipinski definition) is 4. The number of thioether (sulfide) groups is 2. The van der Waals surface area contributed by atoms with E-state index in [4.69, 9.17) is 4.74 Å². The van der Waals surface area contributed by atoms with Crippen molar-refractivity contribution in [2.75, 3.05) is 45.3 Å². The first kappa shape index (κ1) is 44.9. The first-order chi connectivity index (χ1) is 26.7. The number of likely N-dealkylation sites (N-methyl/N-ethyl adjacent to an activating group) is 1. The van der Waals surface area contributed by atoms with E-state index >= 15 is 0 Å². The van der Waals surface area contributed by atoms with Crippen molar-refractivity contribution < 1.29 is 38.3 Å².